The minimum Gasteiger partial charge on any atom is -0.502 e. The molecule has 0 fully saturated rings. The van der Waals surface area contributed by atoms with Gasteiger partial charge in [0.2, 0.25) is 0 Å². The number of unbranched alkanes of at least 4 members (excludes halogenated alkanes) is 1. The van der Waals surface area contributed by atoms with Crippen molar-refractivity contribution >= 4 is 0 Å². The van der Waals surface area contributed by atoms with Crippen LogP contribution in [0.4, 0.5) is 0 Å². The van der Waals surface area contributed by atoms with Gasteiger partial charge >= 0.3 is 0 Å². The minimum atomic E-state index is 0. The van der Waals surface area contributed by atoms with Crippen LogP contribution >= 0.6 is 0 Å². The van der Waals surface area contributed by atoms with Crippen LogP contribution in [-0.2, 0) is 4.74 Å². The van der Waals surface area contributed by atoms with Gasteiger partial charge in [-0.15, -0.1) is 0 Å². The molecule has 0 amide bonds. The average Bonchev–Trinajstić information content (AvgIpc) is 2.08. The van der Waals surface area contributed by atoms with Gasteiger partial charge in [0.1, 0.15) is 0 Å². The Morgan fingerprint density at radius 1 is 1.27 bits per heavy atom. The molecule has 1 rings (SSSR count). The van der Waals surface area contributed by atoms with E-state index in [0.29, 0.717) is 0 Å². The molecular formula is C10H22O. The van der Waals surface area contributed by atoms with Crippen molar-refractivity contribution in [3.05, 3.63) is 12.3 Å². The van der Waals surface area contributed by atoms with Gasteiger partial charge in [-0.05, 0) is 18.9 Å². The third kappa shape index (κ3) is 12.7. The summed E-state index contributed by atoms with van der Waals surface area (Å²) in [6, 6.07) is 0. The molecule has 1 aliphatic heterocycles. The highest BCUT2D eigenvalue weighted by Gasteiger charge is 1.86. The van der Waals surface area contributed by atoms with E-state index in [2.05, 4.69) is 13.8 Å². The molecule has 0 unspecified atom stereocenters. The first kappa shape index (κ1) is 13.2. The van der Waals surface area contributed by atoms with E-state index in [1.807, 2.05) is 6.08 Å². The zero-order chi connectivity index (χ0) is 7.66. The summed E-state index contributed by atoms with van der Waals surface area (Å²) >= 11 is 0. The van der Waals surface area contributed by atoms with Gasteiger partial charge < -0.3 is 4.74 Å². The van der Waals surface area contributed by atoms with Crippen molar-refractivity contribution < 1.29 is 4.74 Å². The molecule has 0 atom stereocenters. The maximum absolute atomic E-state index is 4.89. The topological polar surface area (TPSA) is 9.23 Å². The van der Waals surface area contributed by atoms with Crippen molar-refractivity contribution in [2.75, 3.05) is 6.61 Å². The van der Waals surface area contributed by atoms with Gasteiger partial charge in [-0.2, -0.15) is 0 Å². The van der Waals surface area contributed by atoms with Gasteiger partial charge in [0, 0.05) is 0 Å². The van der Waals surface area contributed by atoms with Gasteiger partial charge in [0.15, 0.2) is 0 Å². The fourth-order valence-corrected chi connectivity index (χ4v) is 0.489. The third-order valence-corrected chi connectivity index (χ3v) is 1.33. The Morgan fingerprint density at radius 3 is 2.00 bits per heavy atom. The van der Waals surface area contributed by atoms with Gasteiger partial charge in [-0.25, -0.2) is 0 Å². The molecule has 0 bridgehead atoms. The molecule has 0 spiro atoms. The highest BCUT2D eigenvalue weighted by molar-refractivity contribution is 4.76. The predicted octanol–water partition coefficient (Wildman–Crippen LogP) is 3.75. The number of ether oxygens (including phenoxy) is 1. The summed E-state index contributed by atoms with van der Waals surface area (Å²) < 4.78 is 4.89. The van der Waals surface area contributed by atoms with Crippen LogP contribution in [0.15, 0.2) is 12.3 Å². The predicted molar refractivity (Wildman–Crippen MR) is 51.6 cm³/mol. The average molecular weight is 158 g/mol. The number of rotatable bonds is 1. The monoisotopic (exact) mass is 158 g/mol. The second-order valence-electron chi connectivity index (χ2n) is 2.38. The van der Waals surface area contributed by atoms with Crippen LogP contribution in [0, 0.1) is 0 Å². The number of allylic oxidation sites excluding steroid dienone is 1. The zero-order valence-corrected chi connectivity index (χ0v) is 7.10. The first-order valence-electron chi connectivity index (χ1n) is 4.18. The lowest BCUT2D eigenvalue weighted by Gasteiger charge is -2.01. The molecule has 0 aromatic rings. The first-order chi connectivity index (χ1) is 4.91. The van der Waals surface area contributed by atoms with Crippen molar-refractivity contribution in [2.45, 2.75) is 47.0 Å². The Bertz CT molecular complexity index is 66.9. The van der Waals surface area contributed by atoms with Crippen molar-refractivity contribution in [3.63, 3.8) is 0 Å². The molecular weight excluding hydrogens is 136 g/mol. The summed E-state index contributed by atoms with van der Waals surface area (Å²) in [7, 11) is 0. The molecule has 0 saturated carbocycles. The summed E-state index contributed by atoms with van der Waals surface area (Å²) in [6.07, 6.45) is 8.84. The summed E-state index contributed by atoms with van der Waals surface area (Å²) in [4.78, 5) is 0. The van der Waals surface area contributed by atoms with Crippen LogP contribution in [0.1, 0.15) is 47.0 Å². The lowest BCUT2D eigenvalue weighted by molar-refractivity contribution is 0.231. The quantitative estimate of drug-likeness (QED) is 0.564. The summed E-state index contributed by atoms with van der Waals surface area (Å²) in [6.45, 7) is 5.27. The van der Waals surface area contributed by atoms with E-state index >= 15 is 0 Å². The third-order valence-electron chi connectivity index (χ3n) is 1.33. The molecule has 1 aliphatic rings. The molecule has 0 saturated heterocycles. The van der Waals surface area contributed by atoms with Crippen molar-refractivity contribution in [3.8, 4) is 0 Å². The van der Waals surface area contributed by atoms with Gasteiger partial charge in [0.05, 0.1) is 12.9 Å². The smallest absolute Gasteiger partial charge is 0.0876 e. The van der Waals surface area contributed by atoms with E-state index in [9.17, 15) is 0 Å². The van der Waals surface area contributed by atoms with Gasteiger partial charge in [-0.1, -0.05) is 34.1 Å². The van der Waals surface area contributed by atoms with Crippen LogP contribution in [0.5, 0.6) is 0 Å². The second kappa shape index (κ2) is 12.2. The van der Waals surface area contributed by atoms with E-state index in [0.717, 1.165) is 6.61 Å². The van der Waals surface area contributed by atoms with Crippen molar-refractivity contribution in [1.29, 1.82) is 0 Å². The molecule has 68 valence electrons. The van der Waals surface area contributed by atoms with Crippen LogP contribution in [0.2, 0.25) is 0 Å². The molecule has 0 aromatic heterocycles. The highest BCUT2D eigenvalue weighted by Crippen LogP contribution is 1.97. The van der Waals surface area contributed by atoms with E-state index in [4.69, 9.17) is 4.74 Å². The Labute approximate surface area is 71.5 Å². The Balaban J connectivity index is 0. The summed E-state index contributed by atoms with van der Waals surface area (Å²) in [5.74, 6) is 0. The Morgan fingerprint density at radius 2 is 1.91 bits per heavy atom. The summed E-state index contributed by atoms with van der Waals surface area (Å²) in [5.41, 5.74) is 0. The molecule has 11 heavy (non-hydrogen) atoms. The molecule has 1 heteroatoms. The fourth-order valence-electron chi connectivity index (χ4n) is 0.489. The maximum Gasteiger partial charge on any atom is 0.0876 e. The molecule has 0 radical (unpaired) electrons. The largest absolute Gasteiger partial charge is 0.502 e. The highest BCUT2D eigenvalue weighted by atomic mass is 16.5. The van der Waals surface area contributed by atoms with Crippen LogP contribution in [0.25, 0.3) is 0 Å². The minimum absolute atomic E-state index is 0. The lowest BCUT2D eigenvalue weighted by atomic mass is 10.3. The van der Waals surface area contributed by atoms with Gasteiger partial charge in [-0.3, -0.25) is 0 Å². The van der Waals surface area contributed by atoms with Crippen LogP contribution in [0.3, 0.4) is 0 Å². The maximum atomic E-state index is 4.89. The number of hydrogen-bond donors (Lipinski definition) is 0. The molecule has 1 nitrogen and oxygen atoms in total. The molecule has 1 heterocycles. The zero-order valence-electron chi connectivity index (χ0n) is 7.10. The standard InChI is InChI=1S/C5H8O.C4H10.CH4/c1-2-4-6-5-3-1;1-3-4-2;/h2,4H,1,3,5H2;3-4H2,1-2H3;1H4. The normalized spacial score (nSPS) is 13.6. The van der Waals surface area contributed by atoms with Crippen molar-refractivity contribution in [2.24, 2.45) is 0 Å². The van der Waals surface area contributed by atoms with E-state index < -0.39 is 0 Å². The molecule has 0 aliphatic carbocycles. The van der Waals surface area contributed by atoms with E-state index in [-0.39, 0.29) is 7.43 Å². The van der Waals surface area contributed by atoms with Crippen LogP contribution < -0.4 is 0 Å². The Hall–Kier alpha value is -0.460. The molecule has 0 N–H and O–H groups in total. The fraction of sp³-hybridized carbons (Fsp3) is 0.800. The van der Waals surface area contributed by atoms with Gasteiger partial charge in [0.25, 0.3) is 0 Å². The van der Waals surface area contributed by atoms with E-state index in [1.54, 1.807) is 6.26 Å². The lowest BCUT2D eigenvalue weighted by Crippen LogP contribution is -1.90. The SMILES string of the molecule is C.C1=COCCC1.CCCC. The summed E-state index contributed by atoms with van der Waals surface area (Å²) in [5, 5.41) is 0. The van der Waals surface area contributed by atoms with Crippen LogP contribution in [-0.4, -0.2) is 6.61 Å². The van der Waals surface area contributed by atoms with E-state index in [1.165, 1.54) is 25.7 Å². The molecule has 0 aromatic carbocycles. The number of hydrogen-bond acceptors (Lipinski definition) is 1. The Kier molecular flexibility index (Phi) is 14.6. The first-order valence-corrected chi connectivity index (χ1v) is 4.18. The second-order valence-corrected chi connectivity index (χ2v) is 2.38. The van der Waals surface area contributed by atoms with Crippen molar-refractivity contribution in [1.82, 2.24) is 0 Å².